The minimum absolute atomic E-state index is 0.397. The molecule has 1 saturated heterocycles. The molecule has 1 rings (SSSR count). The van der Waals surface area contributed by atoms with E-state index in [1.807, 2.05) is 0 Å². The third-order valence-electron chi connectivity index (χ3n) is 1.79. The highest BCUT2D eigenvalue weighted by molar-refractivity contribution is 14.1. The van der Waals surface area contributed by atoms with E-state index in [4.69, 9.17) is 4.74 Å². The van der Waals surface area contributed by atoms with Gasteiger partial charge in [0.15, 0.2) is 0 Å². The van der Waals surface area contributed by atoms with Gasteiger partial charge in [0.2, 0.25) is 0 Å². The van der Waals surface area contributed by atoms with E-state index < -0.39 is 0 Å². The third kappa shape index (κ3) is 2.36. The summed E-state index contributed by atoms with van der Waals surface area (Å²) < 4.78 is 5.80. The van der Waals surface area contributed by atoms with Gasteiger partial charge in [-0.25, -0.2) is 0 Å². The van der Waals surface area contributed by atoms with Crippen molar-refractivity contribution in [1.29, 1.82) is 0 Å². The van der Waals surface area contributed by atoms with Gasteiger partial charge in [0.25, 0.3) is 0 Å². The Kier molecular flexibility index (Phi) is 3.39. The Balaban J connectivity index is 2.32. The minimum Gasteiger partial charge on any atom is -0.365 e. The largest absolute Gasteiger partial charge is 0.365 e. The van der Waals surface area contributed by atoms with Gasteiger partial charge >= 0.3 is 0 Å². The number of morpholine rings is 1. The first-order valence-corrected chi connectivity index (χ1v) is 4.94. The van der Waals surface area contributed by atoms with E-state index in [0.717, 1.165) is 19.7 Å². The van der Waals surface area contributed by atoms with Crippen LogP contribution in [0.2, 0.25) is 0 Å². The maximum Gasteiger partial charge on any atom is 0.121 e. The molecule has 2 nitrogen and oxygen atoms in total. The molecule has 1 unspecified atom stereocenters. The standard InChI is InChI=1S/C7H14INO/c1-6(2)9-3-4-10-7(8)5-9/h6-7H,3-5H2,1-2H3. The molecule has 1 aliphatic rings. The van der Waals surface area contributed by atoms with Crippen LogP contribution >= 0.6 is 22.6 Å². The van der Waals surface area contributed by atoms with Crippen LogP contribution in [-0.4, -0.2) is 34.7 Å². The summed E-state index contributed by atoms with van der Waals surface area (Å²) in [6.07, 6.45) is 0. The molecule has 0 aromatic heterocycles. The lowest BCUT2D eigenvalue weighted by Gasteiger charge is -2.32. The Bertz CT molecular complexity index is 108. The van der Waals surface area contributed by atoms with Crippen molar-refractivity contribution >= 4 is 22.6 Å². The average Bonchev–Trinajstić information content (AvgIpc) is 1.88. The van der Waals surface area contributed by atoms with Gasteiger partial charge in [-0.05, 0) is 36.4 Å². The number of nitrogens with zero attached hydrogens (tertiary/aromatic N) is 1. The van der Waals surface area contributed by atoms with E-state index in [0.29, 0.717) is 10.2 Å². The van der Waals surface area contributed by atoms with Crippen LogP contribution in [0.25, 0.3) is 0 Å². The first-order valence-electron chi connectivity index (χ1n) is 3.70. The summed E-state index contributed by atoms with van der Waals surface area (Å²) in [5.41, 5.74) is 0. The molecular weight excluding hydrogens is 241 g/mol. The zero-order valence-corrected chi connectivity index (χ0v) is 8.67. The normalized spacial score (nSPS) is 29.4. The summed E-state index contributed by atoms with van der Waals surface area (Å²) in [5, 5.41) is 0. The smallest absolute Gasteiger partial charge is 0.121 e. The average molecular weight is 255 g/mol. The van der Waals surface area contributed by atoms with Gasteiger partial charge in [0.1, 0.15) is 4.11 Å². The van der Waals surface area contributed by atoms with E-state index in [1.165, 1.54) is 0 Å². The van der Waals surface area contributed by atoms with Crippen molar-refractivity contribution in [1.82, 2.24) is 4.90 Å². The van der Waals surface area contributed by atoms with Crippen LogP contribution in [0, 0.1) is 0 Å². The molecule has 60 valence electrons. The highest BCUT2D eigenvalue weighted by Gasteiger charge is 2.19. The summed E-state index contributed by atoms with van der Waals surface area (Å²) in [5.74, 6) is 0. The Labute approximate surface area is 76.1 Å². The van der Waals surface area contributed by atoms with Crippen molar-refractivity contribution in [2.45, 2.75) is 24.0 Å². The van der Waals surface area contributed by atoms with Crippen LogP contribution in [-0.2, 0) is 4.74 Å². The van der Waals surface area contributed by atoms with Crippen molar-refractivity contribution in [2.24, 2.45) is 0 Å². The zero-order chi connectivity index (χ0) is 7.56. The SMILES string of the molecule is CC(C)N1CCOC(I)C1. The molecule has 0 saturated carbocycles. The van der Waals surface area contributed by atoms with Crippen molar-refractivity contribution in [3.05, 3.63) is 0 Å². The van der Waals surface area contributed by atoms with E-state index in [2.05, 4.69) is 41.3 Å². The quantitative estimate of drug-likeness (QED) is 0.520. The summed E-state index contributed by atoms with van der Waals surface area (Å²) in [4.78, 5) is 2.45. The van der Waals surface area contributed by atoms with E-state index in [1.54, 1.807) is 0 Å². The molecule has 3 heteroatoms. The second kappa shape index (κ2) is 3.88. The molecule has 10 heavy (non-hydrogen) atoms. The number of hydrogen-bond acceptors (Lipinski definition) is 2. The molecular formula is C7H14INO. The molecule has 0 N–H and O–H groups in total. The van der Waals surface area contributed by atoms with Crippen LogP contribution in [0.5, 0.6) is 0 Å². The summed E-state index contributed by atoms with van der Waals surface area (Å²) >= 11 is 2.34. The van der Waals surface area contributed by atoms with Crippen LogP contribution in [0.1, 0.15) is 13.8 Å². The Morgan fingerprint density at radius 1 is 1.60 bits per heavy atom. The van der Waals surface area contributed by atoms with Crippen LogP contribution in [0.15, 0.2) is 0 Å². The van der Waals surface area contributed by atoms with Gasteiger partial charge in [0.05, 0.1) is 6.61 Å². The van der Waals surface area contributed by atoms with Crippen LogP contribution in [0.4, 0.5) is 0 Å². The predicted octanol–water partition coefficient (Wildman–Crippen LogP) is 1.49. The van der Waals surface area contributed by atoms with Crippen LogP contribution < -0.4 is 0 Å². The Morgan fingerprint density at radius 2 is 2.30 bits per heavy atom. The predicted molar refractivity (Wildman–Crippen MR) is 50.5 cm³/mol. The third-order valence-corrected chi connectivity index (χ3v) is 2.54. The molecule has 1 fully saturated rings. The number of halogens is 1. The van der Waals surface area contributed by atoms with Crippen molar-refractivity contribution in [3.8, 4) is 0 Å². The Hall–Kier alpha value is 0.650. The fourth-order valence-electron chi connectivity index (χ4n) is 1.10. The van der Waals surface area contributed by atoms with Crippen molar-refractivity contribution in [2.75, 3.05) is 19.7 Å². The maximum atomic E-state index is 5.40. The summed E-state index contributed by atoms with van der Waals surface area (Å²) in [6.45, 7) is 7.53. The highest BCUT2D eigenvalue weighted by Crippen LogP contribution is 2.12. The monoisotopic (exact) mass is 255 g/mol. The minimum atomic E-state index is 0.397. The van der Waals surface area contributed by atoms with E-state index >= 15 is 0 Å². The fraction of sp³-hybridized carbons (Fsp3) is 1.00. The van der Waals surface area contributed by atoms with Crippen LogP contribution in [0.3, 0.4) is 0 Å². The molecule has 0 aromatic carbocycles. The lowest BCUT2D eigenvalue weighted by atomic mass is 10.3. The van der Waals surface area contributed by atoms with Gasteiger partial charge < -0.3 is 4.74 Å². The lowest BCUT2D eigenvalue weighted by molar-refractivity contribution is 0.0134. The van der Waals surface area contributed by atoms with Gasteiger partial charge in [0, 0.05) is 19.1 Å². The van der Waals surface area contributed by atoms with Gasteiger partial charge in [-0.15, -0.1) is 0 Å². The van der Waals surface area contributed by atoms with Gasteiger partial charge in [-0.1, -0.05) is 0 Å². The Morgan fingerprint density at radius 3 is 2.70 bits per heavy atom. The number of hydrogen-bond donors (Lipinski definition) is 0. The second-order valence-corrected chi connectivity index (χ2v) is 4.26. The highest BCUT2D eigenvalue weighted by atomic mass is 127. The topological polar surface area (TPSA) is 12.5 Å². The number of alkyl halides is 1. The second-order valence-electron chi connectivity index (χ2n) is 2.87. The van der Waals surface area contributed by atoms with Gasteiger partial charge in [-0.3, -0.25) is 4.90 Å². The van der Waals surface area contributed by atoms with Crippen molar-refractivity contribution in [3.63, 3.8) is 0 Å². The maximum absolute atomic E-state index is 5.40. The molecule has 0 bridgehead atoms. The molecule has 0 radical (unpaired) electrons. The molecule has 1 aliphatic heterocycles. The number of rotatable bonds is 1. The van der Waals surface area contributed by atoms with E-state index in [-0.39, 0.29) is 0 Å². The fourth-order valence-corrected chi connectivity index (χ4v) is 1.86. The molecule has 0 aromatic rings. The summed E-state index contributed by atoms with van der Waals surface area (Å²) in [6, 6.07) is 0.668. The lowest BCUT2D eigenvalue weighted by Crippen LogP contribution is -2.43. The van der Waals surface area contributed by atoms with Gasteiger partial charge in [-0.2, -0.15) is 0 Å². The summed E-state index contributed by atoms with van der Waals surface area (Å²) in [7, 11) is 0. The van der Waals surface area contributed by atoms with E-state index in [9.17, 15) is 0 Å². The molecule has 1 heterocycles. The molecule has 0 aliphatic carbocycles. The molecule has 0 spiro atoms. The van der Waals surface area contributed by atoms with Crippen molar-refractivity contribution < 1.29 is 4.74 Å². The molecule has 1 atom stereocenters. The molecule has 0 amide bonds. The number of ether oxygens (including phenoxy) is 1. The first kappa shape index (κ1) is 8.74. The zero-order valence-electron chi connectivity index (χ0n) is 6.51. The first-order chi connectivity index (χ1) is 4.70.